The highest BCUT2D eigenvalue weighted by molar-refractivity contribution is 5.87. The number of benzene rings is 1. The highest BCUT2D eigenvalue weighted by Crippen LogP contribution is 2.20. The fourth-order valence-corrected chi connectivity index (χ4v) is 2.30. The van der Waals surface area contributed by atoms with Gasteiger partial charge in [-0.15, -0.1) is 0 Å². The van der Waals surface area contributed by atoms with Crippen LogP contribution in [0.4, 0.5) is 4.79 Å². The lowest BCUT2D eigenvalue weighted by Crippen LogP contribution is -2.53. The molecule has 2 amide bonds. The molecule has 0 aliphatic carbocycles. The van der Waals surface area contributed by atoms with Crippen molar-refractivity contribution < 1.29 is 19.4 Å². The lowest BCUT2D eigenvalue weighted by molar-refractivity contribution is -0.144. The average Bonchev–Trinajstić information content (AvgIpc) is 2.99. The van der Waals surface area contributed by atoms with Crippen molar-refractivity contribution >= 4 is 12.0 Å². The fraction of sp³-hybridized carbons (Fsp3) is 0.467. The van der Waals surface area contributed by atoms with E-state index >= 15 is 0 Å². The van der Waals surface area contributed by atoms with Crippen LogP contribution in [-0.4, -0.2) is 36.4 Å². The van der Waals surface area contributed by atoms with Crippen molar-refractivity contribution in [1.29, 1.82) is 0 Å². The van der Waals surface area contributed by atoms with Gasteiger partial charge in [0.05, 0.1) is 6.10 Å². The average molecular weight is 292 g/mol. The smallest absolute Gasteiger partial charge is 0.333 e. The minimum Gasteiger partial charge on any atom is -0.479 e. The van der Waals surface area contributed by atoms with Gasteiger partial charge >= 0.3 is 12.0 Å². The quantitative estimate of drug-likeness (QED) is 0.767. The zero-order valence-corrected chi connectivity index (χ0v) is 12.0. The van der Waals surface area contributed by atoms with Gasteiger partial charge in [-0.1, -0.05) is 30.3 Å². The molecule has 0 aromatic heterocycles. The summed E-state index contributed by atoms with van der Waals surface area (Å²) in [5.74, 6) is -1.11. The number of hydrogen-bond acceptors (Lipinski definition) is 3. The second-order valence-corrected chi connectivity index (χ2v) is 5.27. The standard InChI is InChI=1S/C15H20N2O4/c1-15(13(18)19,11-6-3-2-4-7-11)17-14(20)16-10-12-8-5-9-21-12/h2-4,6-7,12H,5,8-10H2,1H3,(H,18,19)(H2,16,17,20). The molecule has 2 unspecified atom stereocenters. The predicted molar refractivity (Wildman–Crippen MR) is 76.9 cm³/mol. The van der Waals surface area contributed by atoms with Crippen LogP contribution in [0.2, 0.25) is 0 Å². The SMILES string of the molecule is CC(NC(=O)NCC1CCCO1)(C(=O)O)c1ccccc1. The van der Waals surface area contributed by atoms with Crippen molar-refractivity contribution in [1.82, 2.24) is 10.6 Å². The second kappa shape index (κ2) is 6.58. The molecule has 1 fully saturated rings. The number of carbonyl (C=O) groups is 2. The Hall–Kier alpha value is -2.08. The highest BCUT2D eigenvalue weighted by atomic mass is 16.5. The molecule has 21 heavy (non-hydrogen) atoms. The van der Waals surface area contributed by atoms with Gasteiger partial charge in [0.25, 0.3) is 0 Å². The number of rotatable bonds is 5. The van der Waals surface area contributed by atoms with Gasteiger partial charge in [-0.2, -0.15) is 0 Å². The van der Waals surface area contributed by atoms with Gasteiger partial charge in [0.1, 0.15) is 0 Å². The summed E-state index contributed by atoms with van der Waals surface area (Å²) in [7, 11) is 0. The van der Waals surface area contributed by atoms with E-state index in [1.54, 1.807) is 30.3 Å². The molecule has 6 heteroatoms. The number of amides is 2. The highest BCUT2D eigenvalue weighted by Gasteiger charge is 2.36. The van der Waals surface area contributed by atoms with Crippen molar-refractivity contribution in [2.75, 3.05) is 13.2 Å². The number of ether oxygens (including phenoxy) is 1. The molecule has 1 aromatic carbocycles. The van der Waals surface area contributed by atoms with Gasteiger partial charge < -0.3 is 20.5 Å². The van der Waals surface area contributed by atoms with Crippen molar-refractivity contribution in [2.45, 2.75) is 31.4 Å². The van der Waals surface area contributed by atoms with Gasteiger partial charge in [0.2, 0.25) is 0 Å². The minimum atomic E-state index is -1.47. The molecule has 0 radical (unpaired) electrons. The van der Waals surface area contributed by atoms with Crippen LogP contribution in [0.3, 0.4) is 0 Å². The van der Waals surface area contributed by atoms with Crippen LogP contribution in [-0.2, 0) is 15.1 Å². The Morgan fingerprint density at radius 2 is 2.10 bits per heavy atom. The number of hydrogen-bond donors (Lipinski definition) is 3. The topological polar surface area (TPSA) is 87.7 Å². The Morgan fingerprint density at radius 3 is 2.67 bits per heavy atom. The first-order valence-electron chi connectivity index (χ1n) is 6.99. The molecular formula is C15H20N2O4. The largest absolute Gasteiger partial charge is 0.479 e. The van der Waals surface area contributed by atoms with Gasteiger partial charge in [-0.25, -0.2) is 9.59 Å². The third kappa shape index (κ3) is 3.72. The van der Waals surface area contributed by atoms with Crippen LogP contribution >= 0.6 is 0 Å². The van der Waals surface area contributed by atoms with Crippen molar-refractivity contribution in [3.05, 3.63) is 35.9 Å². The molecule has 1 aliphatic rings. The molecule has 0 spiro atoms. The molecule has 0 saturated carbocycles. The Morgan fingerprint density at radius 1 is 1.38 bits per heavy atom. The molecule has 2 atom stereocenters. The lowest BCUT2D eigenvalue weighted by Gasteiger charge is -2.27. The minimum absolute atomic E-state index is 0.0172. The molecule has 1 saturated heterocycles. The van der Waals surface area contributed by atoms with Gasteiger partial charge in [0.15, 0.2) is 5.54 Å². The third-order valence-electron chi connectivity index (χ3n) is 3.66. The van der Waals surface area contributed by atoms with Crippen molar-refractivity contribution in [3.63, 3.8) is 0 Å². The van der Waals surface area contributed by atoms with Crippen molar-refractivity contribution in [3.8, 4) is 0 Å². The van der Waals surface area contributed by atoms with Gasteiger partial charge in [-0.05, 0) is 25.3 Å². The molecule has 2 rings (SSSR count). The van der Waals surface area contributed by atoms with Gasteiger partial charge in [0, 0.05) is 13.2 Å². The first-order chi connectivity index (χ1) is 10.0. The molecule has 1 aromatic rings. The molecule has 1 heterocycles. The van der Waals surface area contributed by atoms with E-state index < -0.39 is 17.5 Å². The first kappa shape index (κ1) is 15.3. The number of carboxylic acids is 1. The molecule has 3 N–H and O–H groups in total. The molecular weight excluding hydrogens is 272 g/mol. The summed E-state index contributed by atoms with van der Waals surface area (Å²) < 4.78 is 5.41. The number of carboxylic acid groups (broad SMARTS) is 1. The summed E-state index contributed by atoms with van der Waals surface area (Å²) >= 11 is 0. The van der Waals surface area contributed by atoms with E-state index in [1.807, 2.05) is 0 Å². The van der Waals surface area contributed by atoms with Crippen LogP contribution in [0.1, 0.15) is 25.3 Å². The van der Waals surface area contributed by atoms with Crippen LogP contribution in [0.25, 0.3) is 0 Å². The Bertz CT molecular complexity index is 500. The van der Waals surface area contributed by atoms with Crippen molar-refractivity contribution in [2.24, 2.45) is 0 Å². The van der Waals surface area contributed by atoms with Crippen LogP contribution in [0, 0.1) is 0 Å². The maximum absolute atomic E-state index is 12.0. The van der Waals surface area contributed by atoms with E-state index in [0.29, 0.717) is 18.7 Å². The zero-order valence-electron chi connectivity index (χ0n) is 12.0. The van der Waals surface area contributed by atoms with E-state index in [2.05, 4.69) is 10.6 Å². The number of carbonyl (C=O) groups excluding carboxylic acids is 1. The number of urea groups is 1. The summed E-state index contributed by atoms with van der Waals surface area (Å²) in [6, 6.07) is 8.11. The van der Waals surface area contributed by atoms with E-state index in [0.717, 1.165) is 12.8 Å². The second-order valence-electron chi connectivity index (χ2n) is 5.27. The Balaban J connectivity index is 1.99. The Labute approximate surface area is 123 Å². The summed E-state index contributed by atoms with van der Waals surface area (Å²) in [6.45, 7) is 2.57. The van der Waals surface area contributed by atoms with Crippen LogP contribution in [0.5, 0.6) is 0 Å². The molecule has 114 valence electrons. The van der Waals surface area contributed by atoms with E-state index in [1.165, 1.54) is 6.92 Å². The summed E-state index contributed by atoms with van der Waals surface area (Å²) in [6.07, 6.45) is 1.92. The summed E-state index contributed by atoms with van der Waals surface area (Å²) in [5.41, 5.74) is -0.952. The normalized spacial score (nSPS) is 20.5. The Kier molecular flexibility index (Phi) is 4.80. The van der Waals surface area contributed by atoms with E-state index in [4.69, 9.17) is 4.74 Å². The summed E-state index contributed by atoms with van der Waals surface area (Å²) in [4.78, 5) is 23.5. The van der Waals surface area contributed by atoms with Gasteiger partial charge in [-0.3, -0.25) is 0 Å². The summed E-state index contributed by atoms with van der Waals surface area (Å²) in [5, 5.41) is 14.6. The monoisotopic (exact) mass is 292 g/mol. The maximum atomic E-state index is 12.0. The predicted octanol–water partition coefficient (Wildman–Crippen LogP) is 1.46. The molecule has 1 aliphatic heterocycles. The number of aliphatic carboxylic acids is 1. The first-order valence-corrected chi connectivity index (χ1v) is 6.99. The molecule has 0 bridgehead atoms. The van der Waals surface area contributed by atoms with Crippen LogP contribution in [0.15, 0.2) is 30.3 Å². The van der Waals surface area contributed by atoms with Crippen LogP contribution < -0.4 is 10.6 Å². The zero-order chi connectivity index (χ0) is 15.3. The molecule has 6 nitrogen and oxygen atoms in total. The fourth-order valence-electron chi connectivity index (χ4n) is 2.30. The number of nitrogens with one attached hydrogen (secondary N) is 2. The lowest BCUT2D eigenvalue weighted by atomic mass is 9.92. The van der Waals surface area contributed by atoms with E-state index in [9.17, 15) is 14.7 Å². The maximum Gasteiger partial charge on any atom is 0.333 e. The third-order valence-corrected chi connectivity index (χ3v) is 3.66. The van der Waals surface area contributed by atoms with E-state index in [-0.39, 0.29) is 6.10 Å².